The molecule has 0 bridgehead atoms. The maximum Gasteiger partial charge on any atom is 0.338 e. The van der Waals surface area contributed by atoms with Crippen molar-refractivity contribution in [1.29, 1.82) is 0 Å². The second-order valence-corrected chi connectivity index (χ2v) is 8.64. The zero-order valence-corrected chi connectivity index (χ0v) is 17.3. The van der Waals surface area contributed by atoms with E-state index >= 15 is 0 Å². The molecule has 1 aliphatic carbocycles. The molecule has 0 aromatic heterocycles. The minimum atomic E-state index is -1.26. The molecule has 2 aromatic rings. The second kappa shape index (κ2) is 8.50. The van der Waals surface area contributed by atoms with E-state index in [1.54, 1.807) is 12.1 Å². The number of carboxylic acids is 1. The monoisotopic (exact) mass is 437 g/mol. The predicted octanol–water partition coefficient (Wildman–Crippen LogP) is 5.75. The average molecular weight is 438 g/mol. The summed E-state index contributed by atoms with van der Waals surface area (Å²) in [5.41, 5.74) is 1.59. The Labute approximate surface area is 179 Å². The maximum atomic E-state index is 14.7. The Morgan fingerprint density at radius 2 is 1.97 bits per heavy atom. The SMILES string of the molecule is O=C(O)c1cc(C2CC2)cc(O[C@@H]2CCCN(Cc3ccc(Cl)c(Cl)c3)C2)c1F. The molecular formula is C22H22Cl2FNO3. The summed E-state index contributed by atoms with van der Waals surface area (Å²) in [6, 6.07) is 8.70. The lowest BCUT2D eigenvalue weighted by atomic mass is 10.0. The van der Waals surface area contributed by atoms with Crippen molar-refractivity contribution in [2.45, 2.75) is 44.2 Å². The predicted molar refractivity (Wildman–Crippen MR) is 111 cm³/mol. The van der Waals surface area contributed by atoms with Crippen LogP contribution in [0.1, 0.15) is 53.1 Å². The van der Waals surface area contributed by atoms with Crippen LogP contribution in [0.2, 0.25) is 10.0 Å². The minimum Gasteiger partial charge on any atom is -0.486 e. The number of carbonyl (C=O) groups is 1. The minimum absolute atomic E-state index is 0.0492. The van der Waals surface area contributed by atoms with Gasteiger partial charge >= 0.3 is 5.97 Å². The van der Waals surface area contributed by atoms with Gasteiger partial charge in [0.15, 0.2) is 11.6 Å². The lowest BCUT2D eigenvalue weighted by molar-refractivity contribution is 0.0680. The van der Waals surface area contributed by atoms with Crippen LogP contribution >= 0.6 is 23.2 Å². The highest BCUT2D eigenvalue weighted by molar-refractivity contribution is 6.42. The summed E-state index contributed by atoms with van der Waals surface area (Å²) < 4.78 is 20.7. The number of carboxylic acid groups (broad SMARTS) is 1. The second-order valence-electron chi connectivity index (χ2n) is 7.83. The van der Waals surface area contributed by atoms with Gasteiger partial charge < -0.3 is 9.84 Å². The number of hydrogen-bond acceptors (Lipinski definition) is 3. The molecular weight excluding hydrogens is 416 g/mol. The summed E-state index contributed by atoms with van der Waals surface area (Å²) in [4.78, 5) is 13.7. The van der Waals surface area contributed by atoms with E-state index in [9.17, 15) is 14.3 Å². The van der Waals surface area contributed by atoms with Crippen molar-refractivity contribution in [2.75, 3.05) is 13.1 Å². The van der Waals surface area contributed by atoms with Crippen molar-refractivity contribution in [1.82, 2.24) is 4.90 Å². The van der Waals surface area contributed by atoms with Gasteiger partial charge in [-0.25, -0.2) is 9.18 Å². The number of nitrogens with zero attached hydrogens (tertiary/aromatic N) is 1. The first kappa shape index (κ1) is 20.5. The Morgan fingerprint density at radius 1 is 1.17 bits per heavy atom. The molecule has 0 spiro atoms. The van der Waals surface area contributed by atoms with E-state index in [0.717, 1.165) is 43.4 Å². The first-order valence-corrected chi connectivity index (χ1v) is 10.6. The number of halogens is 3. The lowest BCUT2D eigenvalue weighted by Gasteiger charge is -2.33. The van der Waals surface area contributed by atoms with E-state index in [1.807, 2.05) is 12.1 Å². The molecule has 0 amide bonds. The third-order valence-corrected chi connectivity index (χ3v) is 6.23. The van der Waals surface area contributed by atoms with Crippen molar-refractivity contribution in [2.24, 2.45) is 0 Å². The fourth-order valence-corrected chi connectivity index (χ4v) is 4.16. The van der Waals surface area contributed by atoms with E-state index < -0.39 is 11.8 Å². The molecule has 0 radical (unpaired) electrons. The molecule has 2 fully saturated rings. The van der Waals surface area contributed by atoms with Gasteiger partial charge in [0.1, 0.15) is 6.10 Å². The van der Waals surface area contributed by atoms with Gasteiger partial charge in [0.05, 0.1) is 15.6 Å². The van der Waals surface area contributed by atoms with Crippen LogP contribution in [0.4, 0.5) is 4.39 Å². The molecule has 1 saturated heterocycles. The molecule has 0 unspecified atom stereocenters. The van der Waals surface area contributed by atoms with Gasteiger partial charge in [-0.3, -0.25) is 4.90 Å². The molecule has 2 aliphatic rings. The van der Waals surface area contributed by atoms with Crippen LogP contribution in [-0.2, 0) is 6.54 Å². The Bertz CT molecular complexity index is 933. The van der Waals surface area contributed by atoms with Crippen LogP contribution in [0.3, 0.4) is 0 Å². The Hall–Kier alpha value is -1.82. The summed E-state index contributed by atoms with van der Waals surface area (Å²) in [5.74, 6) is -1.69. The summed E-state index contributed by atoms with van der Waals surface area (Å²) >= 11 is 12.1. The molecule has 29 heavy (non-hydrogen) atoms. The van der Waals surface area contributed by atoms with Crippen molar-refractivity contribution in [3.63, 3.8) is 0 Å². The molecule has 1 atom stereocenters. The van der Waals surface area contributed by atoms with Gasteiger partial charge in [0, 0.05) is 13.1 Å². The topological polar surface area (TPSA) is 49.8 Å². The van der Waals surface area contributed by atoms with Gasteiger partial charge in [-0.05, 0) is 73.5 Å². The molecule has 1 saturated carbocycles. The summed E-state index contributed by atoms with van der Waals surface area (Å²) in [7, 11) is 0. The van der Waals surface area contributed by atoms with Gasteiger partial charge in [-0.1, -0.05) is 29.3 Å². The van der Waals surface area contributed by atoms with E-state index in [4.69, 9.17) is 27.9 Å². The normalized spacial score (nSPS) is 19.9. The summed E-state index contributed by atoms with van der Waals surface area (Å²) in [5, 5.41) is 10.4. The van der Waals surface area contributed by atoms with E-state index in [0.29, 0.717) is 29.1 Å². The van der Waals surface area contributed by atoms with Gasteiger partial charge in [0.25, 0.3) is 0 Å². The number of likely N-dealkylation sites (tertiary alicyclic amines) is 1. The van der Waals surface area contributed by atoms with Gasteiger partial charge in [-0.15, -0.1) is 0 Å². The Morgan fingerprint density at radius 3 is 2.66 bits per heavy atom. The standard InChI is InChI=1S/C22H22Cl2FNO3/c23-18-6-3-13(8-19(18)24)11-26-7-1-2-16(12-26)29-20-10-15(14-4-5-14)9-17(21(20)25)22(27)28/h3,6,8-10,14,16H,1-2,4-5,7,11-12H2,(H,27,28)/t16-/m1/s1. The number of piperidine rings is 1. The van der Waals surface area contributed by atoms with Crippen LogP contribution in [0.15, 0.2) is 30.3 Å². The fourth-order valence-electron chi connectivity index (χ4n) is 3.84. The molecule has 1 heterocycles. The largest absolute Gasteiger partial charge is 0.486 e. The van der Waals surface area contributed by atoms with Crippen LogP contribution in [0, 0.1) is 5.82 Å². The highest BCUT2D eigenvalue weighted by Crippen LogP contribution is 2.42. The highest BCUT2D eigenvalue weighted by Gasteiger charge is 2.29. The molecule has 7 heteroatoms. The van der Waals surface area contributed by atoms with Crippen molar-refractivity contribution in [3.05, 3.63) is 62.9 Å². The molecule has 1 aliphatic heterocycles. The molecule has 1 N–H and O–H groups in total. The number of ether oxygens (including phenoxy) is 1. The average Bonchev–Trinajstić information content (AvgIpc) is 3.52. The van der Waals surface area contributed by atoms with Gasteiger partial charge in [0.2, 0.25) is 0 Å². The lowest BCUT2D eigenvalue weighted by Crippen LogP contribution is -2.40. The highest BCUT2D eigenvalue weighted by atomic mass is 35.5. The maximum absolute atomic E-state index is 14.7. The third kappa shape index (κ3) is 4.85. The zero-order valence-electron chi connectivity index (χ0n) is 15.8. The quantitative estimate of drug-likeness (QED) is 0.624. The molecule has 2 aromatic carbocycles. The number of aromatic carboxylic acids is 1. The van der Waals surface area contributed by atoms with Crippen molar-refractivity contribution >= 4 is 29.2 Å². The van der Waals surface area contributed by atoms with Crippen molar-refractivity contribution < 1.29 is 19.0 Å². The molecule has 154 valence electrons. The van der Waals surface area contributed by atoms with Gasteiger partial charge in [-0.2, -0.15) is 0 Å². The van der Waals surface area contributed by atoms with Crippen LogP contribution < -0.4 is 4.74 Å². The number of hydrogen-bond donors (Lipinski definition) is 1. The van der Waals surface area contributed by atoms with Crippen LogP contribution in [-0.4, -0.2) is 35.2 Å². The van der Waals surface area contributed by atoms with Crippen molar-refractivity contribution in [3.8, 4) is 5.75 Å². The molecule has 4 rings (SSSR count). The summed E-state index contributed by atoms with van der Waals surface area (Å²) in [6.07, 6.45) is 3.53. The van der Waals surface area contributed by atoms with E-state index in [1.165, 1.54) is 6.07 Å². The third-order valence-electron chi connectivity index (χ3n) is 5.49. The smallest absolute Gasteiger partial charge is 0.338 e. The van der Waals surface area contributed by atoms with E-state index in [-0.39, 0.29) is 17.4 Å². The number of benzene rings is 2. The van der Waals surface area contributed by atoms with Crippen LogP contribution in [0.5, 0.6) is 5.75 Å². The first-order chi connectivity index (χ1) is 13.9. The van der Waals surface area contributed by atoms with Crippen LogP contribution in [0.25, 0.3) is 0 Å². The Kier molecular flexibility index (Phi) is 6.00. The zero-order chi connectivity index (χ0) is 20.5. The fraction of sp³-hybridized carbons (Fsp3) is 0.409. The first-order valence-electron chi connectivity index (χ1n) is 9.80. The molecule has 4 nitrogen and oxygen atoms in total. The van der Waals surface area contributed by atoms with E-state index in [2.05, 4.69) is 4.90 Å². The Balaban J connectivity index is 1.47. The summed E-state index contributed by atoms with van der Waals surface area (Å²) in [6.45, 7) is 2.24. The number of rotatable bonds is 6.